The molecule has 2 N–H and O–H groups in total. The summed E-state index contributed by atoms with van der Waals surface area (Å²) in [6.07, 6.45) is 0. The number of rotatable bonds is 3. The number of esters is 1. The molecule has 1 aromatic carbocycles. The van der Waals surface area contributed by atoms with Gasteiger partial charge >= 0.3 is 5.97 Å². The molecular formula is C9H10N2O4. The molecule has 15 heavy (non-hydrogen) atoms. The summed E-state index contributed by atoms with van der Waals surface area (Å²) in [5.41, 5.74) is 5.47. The van der Waals surface area contributed by atoms with Crippen LogP contribution in [0.5, 0.6) is 0 Å². The van der Waals surface area contributed by atoms with Crippen molar-refractivity contribution in [1.29, 1.82) is 0 Å². The van der Waals surface area contributed by atoms with Crippen LogP contribution in [0.1, 0.15) is 11.6 Å². The van der Waals surface area contributed by atoms with E-state index in [9.17, 15) is 14.9 Å². The van der Waals surface area contributed by atoms with E-state index < -0.39 is 16.9 Å². The van der Waals surface area contributed by atoms with Gasteiger partial charge in [0.25, 0.3) is 5.69 Å². The lowest BCUT2D eigenvalue weighted by molar-refractivity contribution is -0.385. The first-order chi connectivity index (χ1) is 7.07. The van der Waals surface area contributed by atoms with Gasteiger partial charge in [0, 0.05) is 6.07 Å². The predicted octanol–water partition coefficient (Wildman–Crippen LogP) is 0.768. The largest absolute Gasteiger partial charge is 0.468 e. The summed E-state index contributed by atoms with van der Waals surface area (Å²) in [5.74, 6) is -0.704. The minimum atomic E-state index is -1.13. The molecule has 0 aliphatic rings. The third kappa shape index (κ3) is 2.29. The highest BCUT2D eigenvalue weighted by Crippen LogP contribution is 2.23. The second-order valence-electron chi connectivity index (χ2n) is 2.82. The van der Waals surface area contributed by atoms with Crippen molar-refractivity contribution in [2.24, 2.45) is 5.73 Å². The van der Waals surface area contributed by atoms with Crippen molar-refractivity contribution in [3.05, 3.63) is 39.9 Å². The Hall–Kier alpha value is -1.95. The lowest BCUT2D eigenvalue weighted by Crippen LogP contribution is -2.23. The number of hydrogen-bond acceptors (Lipinski definition) is 5. The Morgan fingerprint density at radius 2 is 2.13 bits per heavy atom. The van der Waals surface area contributed by atoms with Crippen LogP contribution in [0.2, 0.25) is 0 Å². The SMILES string of the molecule is COC(=O)[C@@H](N)c1ccccc1[N+](=O)[O-]. The van der Waals surface area contributed by atoms with Crippen LogP contribution < -0.4 is 5.73 Å². The molecular weight excluding hydrogens is 200 g/mol. The van der Waals surface area contributed by atoms with Gasteiger partial charge in [-0.2, -0.15) is 0 Å². The number of carbonyl (C=O) groups excluding carboxylic acids is 1. The maximum atomic E-state index is 11.1. The standard InChI is InChI=1S/C9H10N2O4/c1-15-9(12)8(10)6-4-2-3-5-7(6)11(13)14/h2-5,8H,10H2,1H3/t8-/m0/s1. The van der Waals surface area contributed by atoms with Crippen LogP contribution in [0.15, 0.2) is 24.3 Å². The Morgan fingerprint density at radius 1 is 1.53 bits per heavy atom. The lowest BCUT2D eigenvalue weighted by Gasteiger charge is -2.09. The number of hydrogen-bond donors (Lipinski definition) is 1. The minimum absolute atomic E-state index is 0.148. The molecule has 0 radical (unpaired) electrons. The van der Waals surface area contributed by atoms with E-state index in [2.05, 4.69) is 4.74 Å². The van der Waals surface area contributed by atoms with Crippen molar-refractivity contribution in [3.63, 3.8) is 0 Å². The van der Waals surface area contributed by atoms with Crippen LogP contribution >= 0.6 is 0 Å². The molecule has 6 nitrogen and oxygen atoms in total. The summed E-state index contributed by atoms with van der Waals surface area (Å²) in [7, 11) is 1.18. The van der Waals surface area contributed by atoms with Crippen LogP contribution in [0.3, 0.4) is 0 Å². The minimum Gasteiger partial charge on any atom is -0.468 e. The molecule has 0 aliphatic heterocycles. The van der Waals surface area contributed by atoms with Crippen molar-refractivity contribution in [2.75, 3.05) is 7.11 Å². The van der Waals surface area contributed by atoms with E-state index in [1.165, 1.54) is 25.3 Å². The molecule has 1 rings (SSSR count). The van der Waals surface area contributed by atoms with Gasteiger partial charge in [-0.1, -0.05) is 12.1 Å². The molecule has 0 amide bonds. The van der Waals surface area contributed by atoms with Gasteiger partial charge in [-0.05, 0) is 6.07 Å². The van der Waals surface area contributed by atoms with Gasteiger partial charge in [-0.25, -0.2) is 4.79 Å². The van der Waals surface area contributed by atoms with Crippen molar-refractivity contribution in [2.45, 2.75) is 6.04 Å². The number of nitrogens with two attached hydrogens (primary N) is 1. The number of methoxy groups -OCH3 is 1. The fraction of sp³-hybridized carbons (Fsp3) is 0.222. The quantitative estimate of drug-likeness (QED) is 0.451. The molecule has 1 aromatic rings. The molecule has 0 saturated heterocycles. The molecule has 0 aromatic heterocycles. The highest BCUT2D eigenvalue weighted by Gasteiger charge is 2.24. The number of nitrogens with zero attached hydrogens (tertiary/aromatic N) is 1. The first kappa shape index (κ1) is 11.1. The number of ether oxygens (including phenoxy) is 1. The summed E-state index contributed by atoms with van der Waals surface area (Å²) in [6.45, 7) is 0. The number of nitro groups is 1. The van der Waals surface area contributed by atoms with Crippen LogP contribution in [-0.4, -0.2) is 18.0 Å². The van der Waals surface area contributed by atoms with Gasteiger partial charge in [0.1, 0.15) is 6.04 Å². The Balaban J connectivity index is 3.13. The zero-order chi connectivity index (χ0) is 11.4. The number of carbonyl (C=O) groups is 1. The smallest absolute Gasteiger partial charge is 0.327 e. The van der Waals surface area contributed by atoms with E-state index in [-0.39, 0.29) is 11.3 Å². The summed E-state index contributed by atoms with van der Waals surface area (Å²) in [4.78, 5) is 21.2. The Labute approximate surface area is 85.8 Å². The average Bonchev–Trinajstić information content (AvgIpc) is 2.27. The lowest BCUT2D eigenvalue weighted by atomic mass is 10.1. The van der Waals surface area contributed by atoms with Gasteiger partial charge in [0.05, 0.1) is 17.6 Å². The van der Waals surface area contributed by atoms with E-state index in [4.69, 9.17) is 5.73 Å². The van der Waals surface area contributed by atoms with Crippen molar-refractivity contribution >= 4 is 11.7 Å². The zero-order valence-electron chi connectivity index (χ0n) is 8.04. The van der Waals surface area contributed by atoms with Gasteiger partial charge < -0.3 is 10.5 Å². The first-order valence-electron chi connectivity index (χ1n) is 4.14. The average molecular weight is 210 g/mol. The molecule has 0 saturated carbocycles. The monoisotopic (exact) mass is 210 g/mol. The summed E-state index contributed by atoms with van der Waals surface area (Å²) in [6, 6.07) is 4.67. The predicted molar refractivity (Wildman–Crippen MR) is 52.0 cm³/mol. The molecule has 0 bridgehead atoms. The van der Waals surface area contributed by atoms with Crippen molar-refractivity contribution in [1.82, 2.24) is 0 Å². The van der Waals surface area contributed by atoms with Crippen LogP contribution in [0.25, 0.3) is 0 Å². The molecule has 6 heteroatoms. The molecule has 0 aliphatic carbocycles. The maximum Gasteiger partial charge on any atom is 0.327 e. The number of nitro benzene ring substituents is 1. The Bertz CT molecular complexity index is 391. The molecule has 1 atom stereocenters. The molecule has 0 fully saturated rings. The molecule has 0 heterocycles. The van der Waals surface area contributed by atoms with Crippen LogP contribution in [-0.2, 0) is 9.53 Å². The summed E-state index contributed by atoms with van der Waals surface area (Å²) in [5, 5.41) is 10.6. The molecule has 0 spiro atoms. The topological polar surface area (TPSA) is 95.5 Å². The first-order valence-corrected chi connectivity index (χ1v) is 4.14. The third-order valence-electron chi connectivity index (χ3n) is 1.92. The zero-order valence-corrected chi connectivity index (χ0v) is 8.04. The van der Waals surface area contributed by atoms with Crippen LogP contribution in [0, 0.1) is 10.1 Å². The van der Waals surface area contributed by atoms with E-state index in [1.807, 2.05) is 0 Å². The summed E-state index contributed by atoms with van der Waals surface area (Å²) < 4.78 is 4.41. The van der Waals surface area contributed by atoms with Gasteiger partial charge in [-0.15, -0.1) is 0 Å². The highest BCUT2D eigenvalue weighted by molar-refractivity contribution is 5.78. The Morgan fingerprint density at radius 3 is 2.67 bits per heavy atom. The second kappa shape index (κ2) is 4.52. The van der Waals surface area contributed by atoms with E-state index >= 15 is 0 Å². The van der Waals surface area contributed by atoms with Gasteiger partial charge in [0.15, 0.2) is 0 Å². The van der Waals surface area contributed by atoms with Crippen molar-refractivity contribution in [3.8, 4) is 0 Å². The fourth-order valence-electron chi connectivity index (χ4n) is 1.17. The molecule has 0 unspecified atom stereocenters. The van der Waals surface area contributed by atoms with Gasteiger partial charge in [0.2, 0.25) is 0 Å². The van der Waals surface area contributed by atoms with E-state index in [0.717, 1.165) is 0 Å². The second-order valence-corrected chi connectivity index (χ2v) is 2.82. The van der Waals surface area contributed by atoms with Crippen molar-refractivity contribution < 1.29 is 14.5 Å². The normalized spacial score (nSPS) is 11.9. The highest BCUT2D eigenvalue weighted by atomic mass is 16.6. The fourth-order valence-corrected chi connectivity index (χ4v) is 1.17. The van der Waals surface area contributed by atoms with Crippen LogP contribution in [0.4, 0.5) is 5.69 Å². The summed E-state index contributed by atoms with van der Waals surface area (Å²) >= 11 is 0. The maximum absolute atomic E-state index is 11.1. The van der Waals surface area contributed by atoms with Gasteiger partial charge in [-0.3, -0.25) is 10.1 Å². The van der Waals surface area contributed by atoms with E-state index in [0.29, 0.717) is 0 Å². The van der Waals surface area contributed by atoms with E-state index in [1.54, 1.807) is 6.07 Å². The molecule has 80 valence electrons. The third-order valence-corrected chi connectivity index (χ3v) is 1.92. The number of para-hydroxylation sites is 1. The Kier molecular flexibility index (Phi) is 3.35. The number of benzene rings is 1.